The molecule has 220 valence electrons. The van der Waals surface area contributed by atoms with Gasteiger partial charge in [0.2, 0.25) is 5.91 Å². The van der Waals surface area contributed by atoms with Crippen LogP contribution in [0.15, 0.2) is 24.3 Å². The van der Waals surface area contributed by atoms with Crippen molar-refractivity contribution in [2.24, 2.45) is 5.73 Å². The molecule has 0 atom stereocenters. The van der Waals surface area contributed by atoms with Crippen LogP contribution in [-0.2, 0) is 4.79 Å². The van der Waals surface area contributed by atoms with E-state index in [-0.39, 0.29) is 30.6 Å². The van der Waals surface area contributed by atoms with Gasteiger partial charge < -0.3 is 16.4 Å². The first-order valence-corrected chi connectivity index (χ1v) is 14.3. The number of hydrogen-bond donors (Lipinski definition) is 5. The van der Waals surface area contributed by atoms with Gasteiger partial charge in [-0.25, -0.2) is 5.48 Å². The monoisotopic (exact) mass is 566 g/mol. The van der Waals surface area contributed by atoms with Crippen molar-refractivity contribution in [1.82, 2.24) is 25.9 Å². The molecule has 0 aromatic heterocycles. The number of amides is 5. The third-order valence-electron chi connectivity index (χ3n) is 7.47. The number of rotatable bonds is 17. The lowest BCUT2D eigenvalue weighted by atomic mass is 9.86. The molecule has 0 spiro atoms. The normalized spacial score (nSPS) is 14.4. The van der Waals surface area contributed by atoms with E-state index in [0.29, 0.717) is 60.7 Å². The maximum absolute atomic E-state index is 13.4. The highest BCUT2D eigenvalue weighted by molar-refractivity contribution is 6.33. The first-order valence-electron chi connectivity index (χ1n) is 14.3. The zero-order chi connectivity index (χ0) is 29.4. The molecule has 6 N–H and O–H groups in total. The average molecular weight is 567 g/mol. The fourth-order valence-electron chi connectivity index (χ4n) is 5.35. The second-order valence-corrected chi connectivity index (χ2v) is 10.3. The molecule has 2 aliphatic rings. The van der Waals surface area contributed by atoms with Gasteiger partial charge in [0.15, 0.2) is 0 Å². The van der Waals surface area contributed by atoms with Crippen molar-refractivity contribution in [3.63, 3.8) is 0 Å². The number of nitrogens with one attached hydrogen (secondary N) is 3. The number of nitrogens with zero attached hydrogens (tertiary/aromatic N) is 2. The minimum absolute atomic E-state index is 0.148. The summed E-state index contributed by atoms with van der Waals surface area (Å²) < 4.78 is 0. The smallest absolute Gasteiger partial charge is 0.261 e. The van der Waals surface area contributed by atoms with Gasteiger partial charge in [-0.15, -0.1) is 0 Å². The Bertz CT molecular complexity index is 1260. The number of unbranched alkanes of at least 4 members (excludes halogenated alkanes) is 2. The Labute approximate surface area is 238 Å². The van der Waals surface area contributed by atoms with Crippen molar-refractivity contribution in [3.05, 3.63) is 46.5 Å². The Morgan fingerprint density at radius 1 is 0.634 bits per heavy atom. The Morgan fingerprint density at radius 2 is 1.07 bits per heavy atom. The van der Waals surface area contributed by atoms with Crippen molar-refractivity contribution >= 4 is 40.3 Å². The average Bonchev–Trinajstić information content (AvgIpc) is 2.98. The summed E-state index contributed by atoms with van der Waals surface area (Å²) in [5, 5.41) is 16.0. The number of imide groups is 2. The second-order valence-electron chi connectivity index (χ2n) is 10.3. The SMILES string of the molecule is NCCCNCCCNCCCN1C(=O)c2ccc3c4c(ccc(c24)C1=O)C(=O)N(CCCCCC(=O)NO)C3=O. The highest BCUT2D eigenvalue weighted by atomic mass is 16.5. The first kappa shape index (κ1) is 30.3. The van der Waals surface area contributed by atoms with Crippen LogP contribution in [0, 0.1) is 0 Å². The minimum Gasteiger partial charge on any atom is -0.330 e. The minimum atomic E-state index is -0.485. The first-order chi connectivity index (χ1) is 19.9. The summed E-state index contributed by atoms with van der Waals surface area (Å²) in [5.74, 6) is -2.28. The molecular formula is C29H38N6O6. The van der Waals surface area contributed by atoms with Crippen LogP contribution < -0.4 is 21.8 Å². The quantitative estimate of drug-likeness (QED) is 0.0821. The molecule has 2 heterocycles. The number of nitrogens with two attached hydrogens (primary N) is 1. The molecule has 5 amide bonds. The van der Waals surface area contributed by atoms with E-state index in [1.165, 1.54) is 9.80 Å². The number of hydroxylamine groups is 1. The molecule has 41 heavy (non-hydrogen) atoms. The maximum atomic E-state index is 13.4. The third-order valence-corrected chi connectivity index (χ3v) is 7.47. The molecule has 0 unspecified atom stereocenters. The molecule has 0 radical (unpaired) electrons. The summed E-state index contributed by atoms with van der Waals surface area (Å²) in [6.07, 6.45) is 4.25. The van der Waals surface area contributed by atoms with E-state index in [9.17, 15) is 24.0 Å². The maximum Gasteiger partial charge on any atom is 0.261 e. The van der Waals surface area contributed by atoms with E-state index in [1.54, 1.807) is 29.7 Å². The Morgan fingerprint density at radius 3 is 1.54 bits per heavy atom. The van der Waals surface area contributed by atoms with Gasteiger partial charge in [-0.05, 0) is 89.1 Å². The fourth-order valence-corrected chi connectivity index (χ4v) is 5.35. The van der Waals surface area contributed by atoms with Gasteiger partial charge in [0, 0.05) is 52.5 Å². The topological polar surface area (TPSA) is 174 Å². The van der Waals surface area contributed by atoms with E-state index >= 15 is 0 Å². The van der Waals surface area contributed by atoms with Crippen LogP contribution in [0.4, 0.5) is 0 Å². The number of carbonyl (C=O) groups excluding carboxylic acids is 5. The van der Waals surface area contributed by atoms with Gasteiger partial charge in [0.1, 0.15) is 0 Å². The number of benzene rings is 2. The zero-order valence-electron chi connectivity index (χ0n) is 23.2. The standard InChI is InChI=1S/C29H38N6O6/c30-12-4-13-31-14-5-15-32-16-6-18-35-28(39)21-10-8-19-24-20(9-11-22(25(21)24)29(35)40)27(38)34(26(19)37)17-3-1-2-7-23(36)33-41/h8-11,31-32,41H,1-7,12-18,30H2,(H,33,36). The summed E-state index contributed by atoms with van der Waals surface area (Å²) >= 11 is 0. The highest BCUT2D eigenvalue weighted by Crippen LogP contribution is 2.37. The Hall–Kier alpha value is -3.71. The molecule has 0 saturated heterocycles. The lowest BCUT2D eigenvalue weighted by Gasteiger charge is -2.32. The third kappa shape index (κ3) is 6.62. The van der Waals surface area contributed by atoms with Crippen LogP contribution in [0.1, 0.15) is 86.4 Å². The summed E-state index contributed by atoms with van der Waals surface area (Å²) in [6.45, 7) is 4.40. The van der Waals surface area contributed by atoms with Crippen molar-refractivity contribution in [2.75, 3.05) is 45.8 Å². The lowest BCUT2D eigenvalue weighted by molar-refractivity contribution is -0.129. The van der Waals surface area contributed by atoms with Crippen LogP contribution in [0.25, 0.3) is 10.8 Å². The van der Waals surface area contributed by atoms with Crippen LogP contribution in [-0.4, -0.2) is 90.4 Å². The van der Waals surface area contributed by atoms with Crippen molar-refractivity contribution in [3.8, 4) is 0 Å². The van der Waals surface area contributed by atoms with Crippen LogP contribution >= 0.6 is 0 Å². The lowest BCUT2D eigenvalue weighted by Crippen LogP contribution is -2.44. The van der Waals surface area contributed by atoms with Gasteiger partial charge >= 0.3 is 0 Å². The molecule has 2 aliphatic heterocycles. The number of hydrogen-bond acceptors (Lipinski definition) is 9. The molecular weight excluding hydrogens is 528 g/mol. The molecule has 0 aliphatic carbocycles. The fraction of sp³-hybridized carbons (Fsp3) is 0.483. The Kier molecular flexibility index (Phi) is 10.5. The molecule has 12 heteroatoms. The highest BCUT2D eigenvalue weighted by Gasteiger charge is 2.39. The van der Waals surface area contributed by atoms with Gasteiger partial charge in [0.05, 0.1) is 0 Å². The van der Waals surface area contributed by atoms with E-state index in [4.69, 9.17) is 10.9 Å². The van der Waals surface area contributed by atoms with Crippen LogP contribution in [0.5, 0.6) is 0 Å². The van der Waals surface area contributed by atoms with Gasteiger partial charge in [-0.3, -0.25) is 39.0 Å². The van der Waals surface area contributed by atoms with Crippen LogP contribution in [0.2, 0.25) is 0 Å². The summed E-state index contributed by atoms with van der Waals surface area (Å²) in [5.41, 5.74) is 8.26. The second kappa shape index (κ2) is 14.3. The van der Waals surface area contributed by atoms with Gasteiger partial charge in [-0.2, -0.15) is 0 Å². The van der Waals surface area contributed by atoms with E-state index in [1.807, 2.05) is 0 Å². The molecule has 4 rings (SSSR count). The van der Waals surface area contributed by atoms with Crippen molar-refractivity contribution in [1.29, 1.82) is 0 Å². The molecule has 2 aromatic rings. The predicted octanol–water partition coefficient (Wildman–Crippen LogP) is 1.41. The largest absolute Gasteiger partial charge is 0.330 e. The zero-order valence-corrected chi connectivity index (χ0v) is 23.2. The Balaban J connectivity index is 1.39. The van der Waals surface area contributed by atoms with Gasteiger partial charge in [-0.1, -0.05) is 6.42 Å². The number of carbonyl (C=O) groups is 5. The molecule has 2 aromatic carbocycles. The summed E-state index contributed by atoms with van der Waals surface area (Å²) in [7, 11) is 0. The van der Waals surface area contributed by atoms with E-state index in [2.05, 4.69) is 10.6 Å². The van der Waals surface area contributed by atoms with Crippen molar-refractivity contribution < 1.29 is 29.2 Å². The predicted molar refractivity (Wildman–Crippen MR) is 152 cm³/mol. The molecule has 12 nitrogen and oxygen atoms in total. The molecule has 0 fully saturated rings. The molecule has 0 saturated carbocycles. The molecule has 0 bridgehead atoms. The van der Waals surface area contributed by atoms with Crippen LogP contribution in [0.3, 0.4) is 0 Å². The van der Waals surface area contributed by atoms with E-state index in [0.717, 1.165) is 32.5 Å². The summed E-state index contributed by atoms with van der Waals surface area (Å²) in [6, 6.07) is 6.27. The van der Waals surface area contributed by atoms with Crippen molar-refractivity contribution in [2.45, 2.75) is 44.9 Å². The summed E-state index contributed by atoms with van der Waals surface area (Å²) in [4.78, 5) is 67.0. The van der Waals surface area contributed by atoms with Gasteiger partial charge in [0.25, 0.3) is 23.6 Å². The van der Waals surface area contributed by atoms with E-state index < -0.39 is 29.5 Å².